The molecule has 1 heterocycles. The molecule has 0 aliphatic rings. The average molecular weight is 562 g/mol. The minimum absolute atomic E-state index is 0. The number of carboxylic acids is 1. The van der Waals surface area contributed by atoms with Gasteiger partial charge in [0.2, 0.25) is 0 Å². The Morgan fingerprint density at radius 2 is 1.94 bits per heavy atom. The van der Waals surface area contributed by atoms with Gasteiger partial charge in [0.1, 0.15) is 5.75 Å². The van der Waals surface area contributed by atoms with Crippen LogP contribution in [0.3, 0.4) is 0 Å². The molecule has 0 aliphatic carbocycles. The molecule has 1 aromatic heterocycles. The number of thiophene rings is 1. The lowest BCUT2D eigenvalue weighted by Gasteiger charge is -2.26. The highest BCUT2D eigenvalue weighted by Crippen LogP contribution is 2.36. The minimum Gasteiger partial charge on any atom is -0.494 e. The average Bonchev–Trinajstić information content (AvgIpc) is 3.32. The number of halogens is 5. The van der Waals surface area contributed by atoms with E-state index >= 15 is 0 Å². The summed E-state index contributed by atoms with van der Waals surface area (Å²) in [4.78, 5) is 13.0. The zero-order valence-corrected chi connectivity index (χ0v) is 22.0. The summed E-state index contributed by atoms with van der Waals surface area (Å²) >= 11 is 7.76. The monoisotopic (exact) mass is 561 g/mol. The Kier molecular flexibility index (Phi) is 11.6. The van der Waals surface area contributed by atoms with E-state index in [0.717, 1.165) is 6.07 Å². The Morgan fingerprint density at radius 3 is 2.61 bits per heavy atom. The second-order valence-corrected chi connectivity index (χ2v) is 9.55. The summed E-state index contributed by atoms with van der Waals surface area (Å²) in [6.07, 6.45) is -3.95. The van der Waals surface area contributed by atoms with E-state index in [4.69, 9.17) is 21.4 Å². The van der Waals surface area contributed by atoms with E-state index in [2.05, 4.69) is 23.3 Å². The first-order chi connectivity index (χ1) is 16.6. The normalized spacial score (nSPS) is 12.3. The molecule has 1 atom stereocenters. The fourth-order valence-corrected chi connectivity index (χ4v) is 4.92. The van der Waals surface area contributed by atoms with E-state index in [1.54, 1.807) is 41.7 Å². The lowest BCUT2D eigenvalue weighted by Crippen LogP contribution is -2.29. The van der Waals surface area contributed by atoms with Crippen molar-refractivity contribution >= 4 is 41.3 Å². The molecule has 1 N–H and O–H groups in total. The fourth-order valence-electron chi connectivity index (χ4n) is 3.84. The maximum absolute atomic E-state index is 13.3. The minimum atomic E-state index is -4.51. The molecule has 196 valence electrons. The number of rotatable bonds is 12. The van der Waals surface area contributed by atoms with E-state index < -0.39 is 17.7 Å². The predicted molar refractivity (Wildman–Crippen MR) is 140 cm³/mol. The van der Waals surface area contributed by atoms with Crippen LogP contribution in [0.2, 0.25) is 5.02 Å². The molecule has 0 aliphatic heterocycles. The quantitative estimate of drug-likeness (QED) is 0.232. The number of benzene rings is 2. The van der Waals surface area contributed by atoms with Crippen molar-refractivity contribution in [3.63, 3.8) is 0 Å². The molecular formula is C26H28Cl2F3NO3S. The number of carbonyl (C=O) groups is 1. The van der Waals surface area contributed by atoms with Crippen molar-refractivity contribution in [2.45, 2.75) is 38.4 Å². The second-order valence-electron chi connectivity index (χ2n) is 8.39. The van der Waals surface area contributed by atoms with Gasteiger partial charge in [-0.3, -0.25) is 9.69 Å². The molecule has 3 rings (SSSR count). The van der Waals surface area contributed by atoms with Gasteiger partial charge in [-0.2, -0.15) is 24.5 Å². The summed E-state index contributed by atoms with van der Waals surface area (Å²) in [6, 6.07) is 13.0. The summed E-state index contributed by atoms with van der Waals surface area (Å²) in [5.74, 6) is -0.131. The first-order valence-electron chi connectivity index (χ1n) is 11.2. The third kappa shape index (κ3) is 9.00. The zero-order valence-electron chi connectivity index (χ0n) is 19.6. The van der Waals surface area contributed by atoms with Crippen molar-refractivity contribution in [3.8, 4) is 5.75 Å². The molecule has 0 saturated carbocycles. The summed E-state index contributed by atoms with van der Waals surface area (Å²) in [7, 11) is 0. The van der Waals surface area contributed by atoms with E-state index in [-0.39, 0.29) is 36.3 Å². The second kappa shape index (κ2) is 13.9. The third-order valence-corrected chi connectivity index (χ3v) is 6.71. The molecule has 0 unspecified atom stereocenters. The molecule has 0 amide bonds. The highest BCUT2D eigenvalue weighted by molar-refractivity contribution is 7.08. The van der Waals surface area contributed by atoms with Crippen molar-refractivity contribution in [2.24, 2.45) is 0 Å². The Hall–Kier alpha value is -2.26. The number of hydrogen-bond acceptors (Lipinski definition) is 4. The van der Waals surface area contributed by atoms with E-state index in [1.165, 1.54) is 11.6 Å². The number of carboxylic acid groups (broad SMARTS) is 1. The van der Waals surface area contributed by atoms with Gasteiger partial charge < -0.3 is 9.84 Å². The Labute approximate surface area is 224 Å². The topological polar surface area (TPSA) is 49.8 Å². The molecule has 3 aromatic rings. The summed E-state index contributed by atoms with van der Waals surface area (Å²) < 4.78 is 45.8. The Bertz CT molecular complexity index is 1110. The van der Waals surface area contributed by atoms with Crippen LogP contribution in [-0.2, 0) is 23.9 Å². The predicted octanol–water partition coefficient (Wildman–Crippen LogP) is 7.54. The van der Waals surface area contributed by atoms with Gasteiger partial charge in [-0.1, -0.05) is 42.8 Å². The summed E-state index contributed by atoms with van der Waals surface area (Å²) in [5.41, 5.74) is 1.44. The number of alkyl halides is 3. The lowest BCUT2D eigenvalue weighted by atomic mass is 10.0. The molecule has 0 saturated heterocycles. The van der Waals surface area contributed by atoms with E-state index in [0.29, 0.717) is 43.0 Å². The zero-order chi connectivity index (χ0) is 25.4. The first-order valence-corrected chi connectivity index (χ1v) is 12.5. The van der Waals surface area contributed by atoms with Crippen LogP contribution in [0, 0.1) is 0 Å². The SMILES string of the molecule is C[C@@H](CN(CCCOc1cccc(CC(=O)O)c1)Cc1cccc(C(F)(F)F)c1Cl)c1ccsc1.Cl. The number of hydrogen-bond donors (Lipinski definition) is 1. The van der Waals surface area contributed by atoms with Crippen molar-refractivity contribution < 1.29 is 27.8 Å². The highest BCUT2D eigenvalue weighted by atomic mass is 35.5. The van der Waals surface area contributed by atoms with Crippen molar-refractivity contribution in [3.05, 3.63) is 86.6 Å². The largest absolute Gasteiger partial charge is 0.494 e. The standard InChI is InChI=1S/C26H27ClF3NO3S.ClH/c1-18(21-9-12-35-17-21)15-31(16-20-6-3-8-23(25(20)27)26(28,29)30)10-4-11-34-22-7-2-5-19(13-22)14-24(32)33;/h2-3,5-9,12-13,17-18H,4,10-11,14-16H2,1H3,(H,32,33);1H/t18-;/m0./s1. The molecule has 36 heavy (non-hydrogen) atoms. The first kappa shape index (κ1) is 30.0. The Balaban J connectivity index is 0.00000456. The van der Waals surface area contributed by atoms with E-state index in [1.807, 2.05) is 5.38 Å². The number of aliphatic carboxylic acids is 1. The van der Waals surface area contributed by atoms with Crippen LogP contribution in [0.4, 0.5) is 13.2 Å². The maximum Gasteiger partial charge on any atom is 0.417 e. The van der Waals surface area contributed by atoms with Gasteiger partial charge in [0.15, 0.2) is 0 Å². The lowest BCUT2D eigenvalue weighted by molar-refractivity contribution is -0.138. The van der Waals surface area contributed by atoms with Crippen molar-refractivity contribution in [2.75, 3.05) is 19.7 Å². The van der Waals surface area contributed by atoms with Crippen LogP contribution in [0.5, 0.6) is 5.75 Å². The summed E-state index contributed by atoms with van der Waals surface area (Å²) in [5, 5.41) is 12.8. The van der Waals surface area contributed by atoms with Crippen LogP contribution in [0.15, 0.2) is 59.3 Å². The van der Waals surface area contributed by atoms with Gasteiger partial charge in [0.25, 0.3) is 0 Å². The third-order valence-electron chi connectivity index (χ3n) is 5.56. The highest BCUT2D eigenvalue weighted by Gasteiger charge is 2.34. The van der Waals surface area contributed by atoms with Crippen LogP contribution >= 0.6 is 35.3 Å². The van der Waals surface area contributed by atoms with Crippen LogP contribution in [0.1, 0.15) is 41.5 Å². The summed E-state index contributed by atoms with van der Waals surface area (Å²) in [6.45, 7) is 4.00. The molecule has 0 fully saturated rings. The fraction of sp³-hybridized carbons (Fsp3) is 0.346. The molecule has 0 spiro atoms. The number of ether oxygens (including phenoxy) is 1. The van der Waals surface area contributed by atoms with Crippen LogP contribution in [-0.4, -0.2) is 35.7 Å². The van der Waals surface area contributed by atoms with Gasteiger partial charge in [-0.25, -0.2) is 0 Å². The van der Waals surface area contributed by atoms with Gasteiger partial charge in [0.05, 0.1) is 23.6 Å². The smallest absolute Gasteiger partial charge is 0.417 e. The molecule has 0 radical (unpaired) electrons. The van der Waals surface area contributed by atoms with Gasteiger partial charge in [-0.15, -0.1) is 12.4 Å². The van der Waals surface area contributed by atoms with Crippen molar-refractivity contribution in [1.29, 1.82) is 0 Å². The molecule has 10 heteroatoms. The van der Waals surface area contributed by atoms with Gasteiger partial charge >= 0.3 is 12.1 Å². The van der Waals surface area contributed by atoms with Crippen LogP contribution in [0.25, 0.3) is 0 Å². The number of nitrogens with zero attached hydrogens (tertiary/aromatic N) is 1. The molecular weight excluding hydrogens is 534 g/mol. The Morgan fingerprint density at radius 1 is 1.19 bits per heavy atom. The van der Waals surface area contributed by atoms with E-state index in [9.17, 15) is 18.0 Å². The van der Waals surface area contributed by atoms with Crippen LogP contribution < -0.4 is 4.74 Å². The molecule has 4 nitrogen and oxygen atoms in total. The molecule has 2 aromatic carbocycles. The maximum atomic E-state index is 13.3. The van der Waals surface area contributed by atoms with Crippen molar-refractivity contribution in [1.82, 2.24) is 4.90 Å². The van der Waals surface area contributed by atoms with Gasteiger partial charge in [0, 0.05) is 19.6 Å². The molecule has 0 bridgehead atoms. The van der Waals surface area contributed by atoms with Gasteiger partial charge in [-0.05, 0) is 64.1 Å².